The Morgan fingerprint density at radius 2 is 1.73 bits per heavy atom. The summed E-state index contributed by atoms with van der Waals surface area (Å²) >= 11 is 0. The van der Waals surface area contributed by atoms with Crippen LogP contribution < -0.4 is 0 Å². The molecule has 0 N–H and O–H groups in total. The second-order valence-electron chi connectivity index (χ2n) is 10.4. The number of carbonyl (C=O) groups is 1. The Bertz CT molecular complexity index is 1300. The first-order chi connectivity index (χ1) is 19.4. The van der Waals surface area contributed by atoms with Gasteiger partial charge >= 0.3 is 0 Å². The van der Waals surface area contributed by atoms with E-state index in [1.54, 1.807) is 12.5 Å². The van der Waals surface area contributed by atoms with Crippen molar-refractivity contribution in [3.63, 3.8) is 0 Å². The van der Waals surface area contributed by atoms with Crippen molar-refractivity contribution in [1.82, 2.24) is 24.8 Å². The quantitative estimate of drug-likeness (QED) is 0.298. The Morgan fingerprint density at radius 1 is 1.02 bits per heavy atom. The van der Waals surface area contributed by atoms with Gasteiger partial charge in [0.25, 0.3) is 5.91 Å². The number of piperazine rings is 1. The van der Waals surface area contributed by atoms with E-state index in [0.29, 0.717) is 5.56 Å². The summed E-state index contributed by atoms with van der Waals surface area (Å²) in [7, 11) is 2.09. The maximum atomic E-state index is 13.0. The van der Waals surface area contributed by atoms with Gasteiger partial charge in [0.1, 0.15) is 6.33 Å². The molecule has 2 aromatic heterocycles. The number of likely N-dealkylation sites (N-methyl/N-ethyl adjacent to an activating group) is 1. The zero-order chi connectivity index (χ0) is 29.1. The van der Waals surface area contributed by atoms with Crippen molar-refractivity contribution in [3.05, 3.63) is 83.6 Å². The highest BCUT2D eigenvalue weighted by Gasteiger charge is 2.24. The number of allylic oxidation sites excluding steroid dienone is 2. The molecule has 2 aliphatic rings. The Morgan fingerprint density at radius 3 is 2.38 bits per heavy atom. The number of amides is 1. The molecule has 1 fully saturated rings. The minimum atomic E-state index is 0.0717. The molecule has 0 unspecified atom stereocenters. The average molecular weight is 542 g/mol. The summed E-state index contributed by atoms with van der Waals surface area (Å²) < 4.78 is 0. The zero-order valence-corrected chi connectivity index (χ0v) is 25.4. The van der Waals surface area contributed by atoms with Gasteiger partial charge in [0.15, 0.2) is 0 Å². The molecular weight excluding hydrogens is 494 g/mol. The van der Waals surface area contributed by atoms with Crippen LogP contribution in [0.25, 0.3) is 16.5 Å². The van der Waals surface area contributed by atoms with E-state index in [1.165, 1.54) is 25.7 Å². The van der Waals surface area contributed by atoms with E-state index in [0.717, 1.165) is 77.5 Å². The van der Waals surface area contributed by atoms with E-state index in [-0.39, 0.29) is 5.91 Å². The zero-order valence-electron chi connectivity index (χ0n) is 25.4. The molecule has 0 atom stereocenters. The van der Waals surface area contributed by atoms with Crippen LogP contribution in [0.1, 0.15) is 86.3 Å². The van der Waals surface area contributed by atoms with Gasteiger partial charge in [-0.15, -0.1) is 6.58 Å². The molecule has 5 rings (SSSR count). The lowest BCUT2D eigenvalue weighted by Gasteiger charge is -2.32. The monoisotopic (exact) mass is 541 g/mol. The molecule has 40 heavy (non-hydrogen) atoms. The number of hydrogen-bond donors (Lipinski definition) is 0. The van der Waals surface area contributed by atoms with Gasteiger partial charge in [0, 0.05) is 55.4 Å². The molecule has 0 saturated carbocycles. The van der Waals surface area contributed by atoms with Crippen LogP contribution in [0.4, 0.5) is 0 Å². The van der Waals surface area contributed by atoms with Crippen LogP contribution in [-0.4, -0.2) is 63.9 Å². The number of aryl methyl sites for hydroxylation is 1. The molecule has 214 valence electrons. The average Bonchev–Trinajstić information content (AvgIpc) is 3.42. The summed E-state index contributed by atoms with van der Waals surface area (Å²) in [4.78, 5) is 30.5. The Labute approximate surface area is 241 Å². The molecule has 6 heteroatoms. The molecule has 3 heterocycles. The van der Waals surface area contributed by atoms with Crippen LogP contribution in [0.15, 0.2) is 55.5 Å². The van der Waals surface area contributed by atoms with Gasteiger partial charge in [-0.05, 0) is 62.1 Å². The Balaban J connectivity index is 0.000000345. The molecule has 6 nitrogen and oxygen atoms in total. The molecule has 1 saturated heterocycles. The Kier molecular flexibility index (Phi) is 12.0. The molecule has 1 amide bonds. The van der Waals surface area contributed by atoms with Crippen molar-refractivity contribution in [1.29, 1.82) is 0 Å². The number of aromatic nitrogens is 3. The largest absolute Gasteiger partial charge is 0.336 e. The van der Waals surface area contributed by atoms with Gasteiger partial charge in [-0.1, -0.05) is 58.8 Å². The molecule has 1 aliphatic carbocycles. The van der Waals surface area contributed by atoms with Gasteiger partial charge in [0.2, 0.25) is 0 Å². The van der Waals surface area contributed by atoms with Crippen LogP contribution in [-0.2, 0) is 6.42 Å². The predicted octanol–water partition coefficient (Wildman–Crippen LogP) is 7.12. The molecule has 0 spiro atoms. The maximum absolute atomic E-state index is 13.0. The van der Waals surface area contributed by atoms with Gasteiger partial charge < -0.3 is 9.80 Å². The number of hydrogen-bond acceptors (Lipinski definition) is 5. The van der Waals surface area contributed by atoms with Crippen molar-refractivity contribution < 1.29 is 4.79 Å². The van der Waals surface area contributed by atoms with Crippen LogP contribution in [0.3, 0.4) is 0 Å². The lowest BCUT2D eigenvalue weighted by Crippen LogP contribution is -2.47. The first kappa shape index (κ1) is 31.2. The number of rotatable bonds is 7. The maximum Gasteiger partial charge on any atom is 0.255 e. The van der Waals surface area contributed by atoms with Crippen molar-refractivity contribution in [2.45, 2.75) is 66.7 Å². The van der Waals surface area contributed by atoms with Gasteiger partial charge in [0.05, 0.1) is 16.8 Å². The van der Waals surface area contributed by atoms with Crippen LogP contribution >= 0.6 is 0 Å². The highest BCUT2D eigenvalue weighted by atomic mass is 16.2. The van der Waals surface area contributed by atoms with Crippen LogP contribution in [0.5, 0.6) is 0 Å². The smallest absolute Gasteiger partial charge is 0.255 e. The number of fused-ring (bicyclic) bond motifs is 2. The number of carbonyl (C=O) groups excluding carboxylic acids is 1. The van der Waals surface area contributed by atoms with Crippen molar-refractivity contribution in [2.24, 2.45) is 5.92 Å². The summed E-state index contributed by atoms with van der Waals surface area (Å²) in [5.41, 5.74) is 6.90. The summed E-state index contributed by atoms with van der Waals surface area (Å²) in [5.74, 6) is 0.849. The third kappa shape index (κ3) is 7.63. The van der Waals surface area contributed by atoms with E-state index in [2.05, 4.69) is 71.6 Å². The lowest BCUT2D eigenvalue weighted by atomic mass is 9.98. The number of nitrogens with zero attached hydrogens (tertiary/aromatic N) is 5. The molecule has 0 radical (unpaired) electrons. The minimum absolute atomic E-state index is 0.0717. The highest BCUT2D eigenvalue weighted by Crippen LogP contribution is 2.34. The third-order valence-corrected chi connectivity index (χ3v) is 7.60. The Hall–Kier alpha value is -3.38. The van der Waals surface area contributed by atoms with Crippen LogP contribution in [0, 0.1) is 12.8 Å². The normalized spacial score (nSPS) is 14.6. The predicted molar refractivity (Wildman–Crippen MR) is 168 cm³/mol. The third-order valence-electron chi connectivity index (χ3n) is 7.60. The van der Waals surface area contributed by atoms with Crippen molar-refractivity contribution in [2.75, 3.05) is 33.2 Å². The lowest BCUT2D eigenvalue weighted by molar-refractivity contribution is 0.0663. The minimum Gasteiger partial charge on any atom is -0.336 e. The second-order valence-corrected chi connectivity index (χ2v) is 10.4. The summed E-state index contributed by atoms with van der Waals surface area (Å²) in [5, 5.41) is 1.05. The van der Waals surface area contributed by atoms with E-state index < -0.39 is 0 Å². The standard InChI is InChI=1S/C23H23N5O.C9H18.C2H6/c1-15-19-11-16(3-5-21(19)26-14-25-15)18-4-6-22-20(18)12-17(13-24-22)23(29)28-9-7-27(2)8-10-28;1-4-7-9(6-3)8-5-2;1-2/h3-5,11-14H,6-10H2,1-2H3;6,9H,3-5,7-8H2,1-2H3;1-2H3. The molecule has 1 aliphatic heterocycles. The molecule has 0 bridgehead atoms. The number of benzene rings is 1. The molecule has 3 aromatic rings. The van der Waals surface area contributed by atoms with Crippen LogP contribution in [0.2, 0.25) is 0 Å². The van der Waals surface area contributed by atoms with E-state index in [1.807, 2.05) is 37.8 Å². The molecular formula is C34H47N5O. The van der Waals surface area contributed by atoms with Gasteiger partial charge in [-0.25, -0.2) is 9.97 Å². The van der Waals surface area contributed by atoms with E-state index >= 15 is 0 Å². The SMILES string of the molecule is C=CC(CCC)CCC.CC.Cc1ncnc2ccc(C3=CCc4ncc(C(=O)N5CCN(C)CC5)cc43)cc12. The fourth-order valence-corrected chi connectivity index (χ4v) is 5.25. The van der Waals surface area contributed by atoms with Crippen molar-refractivity contribution in [3.8, 4) is 0 Å². The first-order valence-corrected chi connectivity index (χ1v) is 15.0. The number of pyridine rings is 1. The van der Waals surface area contributed by atoms with Gasteiger partial charge in [-0.3, -0.25) is 9.78 Å². The van der Waals surface area contributed by atoms with E-state index in [9.17, 15) is 4.79 Å². The second kappa shape index (κ2) is 15.4. The first-order valence-electron chi connectivity index (χ1n) is 15.0. The fourth-order valence-electron chi connectivity index (χ4n) is 5.25. The van der Waals surface area contributed by atoms with Gasteiger partial charge in [-0.2, -0.15) is 0 Å². The fraction of sp³-hybridized carbons (Fsp3) is 0.471. The summed E-state index contributed by atoms with van der Waals surface area (Å²) in [6.45, 7) is 17.6. The van der Waals surface area contributed by atoms with E-state index in [4.69, 9.17) is 0 Å². The summed E-state index contributed by atoms with van der Waals surface area (Å²) in [6.07, 6.45) is 13.6. The summed E-state index contributed by atoms with van der Waals surface area (Å²) in [6, 6.07) is 8.27. The van der Waals surface area contributed by atoms with Crippen molar-refractivity contribution >= 4 is 22.4 Å². The topological polar surface area (TPSA) is 62.2 Å². The molecule has 1 aromatic carbocycles. The highest BCUT2D eigenvalue weighted by molar-refractivity contribution is 5.97.